The number of methoxy groups -OCH3 is 3. The Morgan fingerprint density at radius 1 is 0.612 bits per heavy atom. The van der Waals surface area contributed by atoms with Crippen LogP contribution in [0.15, 0.2) is 114 Å². The Kier molecular flexibility index (Phi) is 38.5. The lowest BCUT2D eigenvalue weighted by molar-refractivity contribution is -0.465. The average Bonchev–Trinajstić information content (AvgIpc) is 3.35. The number of amides is 3. The van der Waals surface area contributed by atoms with Crippen LogP contribution in [-0.4, -0.2) is 92.4 Å². The predicted molar refractivity (Wildman–Crippen MR) is 256 cm³/mol. The number of carbonyl (C=O) groups is 7. The Morgan fingerprint density at radius 2 is 0.925 bits per heavy atom. The molecule has 3 aromatic rings. The number of hydrogen-bond donors (Lipinski definition) is 5. The third kappa shape index (κ3) is 31.2. The Hall–Kier alpha value is -6.36. The molecule has 3 amide bonds. The van der Waals surface area contributed by atoms with Crippen LogP contribution in [0.25, 0.3) is 0 Å². The first kappa shape index (κ1) is 62.7. The third-order valence-corrected chi connectivity index (χ3v) is 9.27. The third-order valence-electron chi connectivity index (χ3n) is 8.55. The van der Waals surface area contributed by atoms with Gasteiger partial charge in [-0.1, -0.05) is 152 Å². The molecule has 0 aromatic heterocycles. The molecule has 0 aliphatic heterocycles. The van der Waals surface area contributed by atoms with Crippen molar-refractivity contribution in [2.24, 2.45) is 11.8 Å². The van der Waals surface area contributed by atoms with Gasteiger partial charge in [0.05, 0.1) is 21.3 Å². The number of benzene rings is 3. The normalized spacial score (nSPS) is 12.0. The number of nitrogens with one attached hydrogen (secondary N) is 3. The maximum Gasteiger partial charge on any atom is 0.408 e. The first-order chi connectivity index (χ1) is 32.2. The summed E-state index contributed by atoms with van der Waals surface area (Å²) in [7, 11) is 3.79. The number of carbonyl (C=O) groups excluding carboxylic acids is 7. The molecule has 0 fully saturated rings. The highest BCUT2D eigenvalue weighted by molar-refractivity contribution is 14.1. The van der Waals surface area contributed by atoms with E-state index in [0.29, 0.717) is 19.1 Å². The van der Waals surface area contributed by atoms with E-state index in [-0.39, 0.29) is 38.1 Å². The lowest BCUT2D eigenvalue weighted by Gasteiger charge is -2.21. The van der Waals surface area contributed by atoms with Gasteiger partial charge in [-0.15, -0.1) is 6.58 Å². The Balaban J connectivity index is 0. The number of rotatable bonds is 19. The molecule has 0 saturated heterocycles. The maximum absolute atomic E-state index is 11.8. The molecule has 0 saturated carbocycles. The molecular formula is C47H64IN3O16. The van der Waals surface area contributed by atoms with Crippen molar-refractivity contribution in [3.8, 4) is 0 Å². The summed E-state index contributed by atoms with van der Waals surface area (Å²) in [5.41, 5.74) is 2.60. The fourth-order valence-corrected chi connectivity index (χ4v) is 4.97. The Morgan fingerprint density at radius 3 is 1.19 bits per heavy atom. The molecule has 0 radical (unpaired) electrons. The van der Waals surface area contributed by atoms with Crippen molar-refractivity contribution in [1.82, 2.24) is 16.0 Å². The van der Waals surface area contributed by atoms with Crippen molar-refractivity contribution in [1.29, 1.82) is 0 Å². The molecule has 20 heteroatoms. The van der Waals surface area contributed by atoms with Crippen molar-refractivity contribution < 1.29 is 77.5 Å². The number of ether oxygens (including phenoxy) is 6. The summed E-state index contributed by atoms with van der Waals surface area (Å²) in [4.78, 5) is 80.1. The van der Waals surface area contributed by atoms with Gasteiger partial charge in [-0.25, -0.2) is 39.3 Å². The quantitative estimate of drug-likeness (QED) is 0.0144. The molecule has 3 aromatic carbocycles. The summed E-state index contributed by atoms with van der Waals surface area (Å²) >= 11 is 2.17. The number of halogens is 1. The largest absolute Gasteiger partial charge is 0.467 e. The minimum absolute atomic E-state index is 0.0998. The van der Waals surface area contributed by atoms with Crippen molar-refractivity contribution in [2.45, 2.75) is 84.9 Å². The van der Waals surface area contributed by atoms with E-state index in [4.69, 9.17) is 29.5 Å². The predicted octanol–water partition coefficient (Wildman–Crippen LogP) is 8.11. The van der Waals surface area contributed by atoms with E-state index < -0.39 is 54.3 Å². The van der Waals surface area contributed by atoms with Gasteiger partial charge >= 0.3 is 36.2 Å². The number of esters is 3. The second kappa shape index (κ2) is 41.1. The first-order valence-electron chi connectivity index (χ1n) is 20.5. The highest BCUT2D eigenvalue weighted by atomic mass is 127. The zero-order valence-electron chi connectivity index (χ0n) is 38.8. The lowest BCUT2D eigenvalue weighted by atomic mass is 9.98. The summed E-state index contributed by atoms with van der Waals surface area (Å²) in [6.07, 6.45) is 3.54. The summed E-state index contributed by atoms with van der Waals surface area (Å²) in [6, 6.07) is 25.4. The first-order valence-corrected chi connectivity index (χ1v) is 21.8. The summed E-state index contributed by atoms with van der Waals surface area (Å²) in [5.74, 6) is -2.09. The molecule has 67 heavy (non-hydrogen) atoms. The van der Waals surface area contributed by atoms with E-state index in [1.807, 2.05) is 115 Å². The zero-order chi connectivity index (χ0) is 50.8. The van der Waals surface area contributed by atoms with Gasteiger partial charge in [-0.05, 0) is 52.4 Å². The monoisotopic (exact) mass is 1050 g/mol. The molecule has 19 nitrogen and oxygen atoms in total. The van der Waals surface area contributed by atoms with Crippen LogP contribution in [0.4, 0.5) is 14.4 Å². The van der Waals surface area contributed by atoms with Gasteiger partial charge in [0.25, 0.3) is 0 Å². The van der Waals surface area contributed by atoms with Gasteiger partial charge in [-0.3, -0.25) is 0 Å². The van der Waals surface area contributed by atoms with Gasteiger partial charge < -0.3 is 49.2 Å². The molecule has 370 valence electrons. The van der Waals surface area contributed by atoms with Crippen LogP contribution < -0.4 is 16.0 Å². The van der Waals surface area contributed by atoms with Gasteiger partial charge in [0.1, 0.15) is 44.2 Å². The van der Waals surface area contributed by atoms with Crippen LogP contribution >= 0.6 is 22.6 Å². The molecule has 3 rings (SSSR count). The van der Waals surface area contributed by atoms with Crippen molar-refractivity contribution in [2.75, 3.05) is 21.3 Å². The second-order valence-corrected chi connectivity index (χ2v) is 14.2. The minimum Gasteiger partial charge on any atom is -0.467 e. The second-order valence-electron chi connectivity index (χ2n) is 13.5. The highest BCUT2D eigenvalue weighted by Crippen LogP contribution is 2.12. The lowest BCUT2D eigenvalue weighted by Crippen LogP contribution is -2.46. The number of hydrogen-bond acceptors (Lipinski definition) is 16. The minimum atomic E-state index is -0.913. The standard InChI is InChI=1S/C16H21NO4.C15H19NO5.C13H17NO4.C3H5I.H2O3/c1-4-8-12(2)14(15(18)20-3)17-16(19)21-11-13-9-6-5-7-10-13;1-11(8-9-17)13(14(18)20-2)16-15(19)21-10-12-6-4-3-5-7-12;1-3-11(12(15)17-2)14-13(16)18-9-10-7-5-4-6-8-10;1-2-3-4;1-3-2/h4-7,9-10,12,14H,1,8,11H2,2-3H3,(H,17,19);3-7,9,11,13H,8,10H2,1-2H3,(H,16,19);4-8,11H,3,9H2,1-2H3,(H,14,16);2-3H,1H3;1-2H/b;;;3-2-;/t12-,14-;11-,13-;11-;;/m000../s1. The molecule has 5 atom stereocenters. The summed E-state index contributed by atoms with van der Waals surface area (Å²) < 4.78 is 31.0. The Bertz CT molecular complexity index is 1760. The molecule has 0 aliphatic carbocycles. The zero-order valence-corrected chi connectivity index (χ0v) is 41.0. The summed E-state index contributed by atoms with van der Waals surface area (Å²) in [6.45, 7) is 11.3. The molecule has 0 spiro atoms. The van der Waals surface area contributed by atoms with Crippen molar-refractivity contribution in [3.05, 3.63) is 130 Å². The van der Waals surface area contributed by atoms with Crippen molar-refractivity contribution >= 4 is 65.1 Å². The van der Waals surface area contributed by atoms with E-state index >= 15 is 0 Å². The SMILES string of the molecule is C/C=C\I.C=CC[C@H](C)[C@H](NC(=O)OCc1ccccc1)C(=O)OC.CC[C@H](NC(=O)OCc1ccccc1)C(=O)OC.COC(=O)[C@@H](NC(=O)OCc1ccccc1)[C@@H](C)CC=O.OOO. The summed E-state index contributed by atoms with van der Waals surface area (Å²) in [5, 5.41) is 22.9. The fourth-order valence-electron chi connectivity index (χ4n) is 4.97. The van der Waals surface area contributed by atoms with Crippen LogP contribution in [0.2, 0.25) is 0 Å². The molecule has 0 unspecified atom stereocenters. The highest BCUT2D eigenvalue weighted by Gasteiger charge is 2.29. The topological polar surface area (TPSA) is 261 Å². The van der Waals surface area contributed by atoms with Crippen LogP contribution in [0.3, 0.4) is 0 Å². The maximum atomic E-state index is 11.8. The Labute approximate surface area is 405 Å². The number of aldehydes is 1. The van der Waals surface area contributed by atoms with Crippen LogP contribution in [0.1, 0.15) is 63.6 Å². The van der Waals surface area contributed by atoms with E-state index in [1.54, 1.807) is 19.9 Å². The van der Waals surface area contributed by atoms with E-state index in [0.717, 1.165) is 16.7 Å². The van der Waals surface area contributed by atoms with Gasteiger partial charge in [0.2, 0.25) is 0 Å². The van der Waals surface area contributed by atoms with E-state index in [9.17, 15) is 33.6 Å². The van der Waals surface area contributed by atoms with Gasteiger partial charge in [0.15, 0.2) is 0 Å². The van der Waals surface area contributed by atoms with Crippen LogP contribution in [0.5, 0.6) is 0 Å². The fraction of sp³-hybridized carbons (Fsp3) is 0.383. The van der Waals surface area contributed by atoms with Gasteiger partial charge in [0, 0.05) is 6.42 Å². The smallest absolute Gasteiger partial charge is 0.408 e. The molecule has 0 heterocycles. The number of alkyl carbamates (subject to hydrolysis) is 3. The average molecular weight is 1050 g/mol. The van der Waals surface area contributed by atoms with Gasteiger partial charge in [-0.2, -0.15) is 0 Å². The molecule has 0 aliphatic rings. The molecule has 0 bridgehead atoms. The number of allylic oxidation sites excluding steroid dienone is 2. The molecule has 5 N–H and O–H groups in total. The van der Waals surface area contributed by atoms with E-state index in [2.05, 4.69) is 59.6 Å². The van der Waals surface area contributed by atoms with Crippen molar-refractivity contribution in [3.63, 3.8) is 0 Å². The molecular weight excluding hydrogens is 989 g/mol. The van der Waals surface area contributed by atoms with Crippen LogP contribution in [0, 0.1) is 11.8 Å². The van der Waals surface area contributed by atoms with E-state index in [1.165, 1.54) is 21.3 Å². The van der Waals surface area contributed by atoms with Crippen LogP contribution in [-0.2, 0) is 72.5 Å².